The first kappa shape index (κ1) is 21.1. The molecule has 0 aliphatic heterocycles. The monoisotopic (exact) mass is 450 g/mol. The number of nitrogens with one attached hydrogen (secondary N) is 2. The van der Waals surface area contributed by atoms with Crippen LogP contribution < -0.4 is 15.4 Å². The lowest BCUT2D eigenvalue weighted by Crippen LogP contribution is -2.11. The van der Waals surface area contributed by atoms with Gasteiger partial charge in [-0.1, -0.05) is 0 Å². The van der Waals surface area contributed by atoms with E-state index in [9.17, 15) is 9.18 Å². The molecular weight excluding hydrogens is 431 g/mol. The van der Waals surface area contributed by atoms with E-state index in [1.807, 2.05) is 0 Å². The van der Waals surface area contributed by atoms with Crippen molar-refractivity contribution < 1.29 is 13.9 Å². The van der Waals surface area contributed by atoms with Crippen LogP contribution in [0.2, 0.25) is 0 Å². The number of amides is 1. The number of benzene rings is 3. The molecule has 0 fully saturated rings. The third kappa shape index (κ3) is 4.83. The van der Waals surface area contributed by atoms with E-state index in [0.29, 0.717) is 33.7 Å². The molecule has 0 atom stereocenters. The van der Waals surface area contributed by atoms with Crippen LogP contribution in [0.3, 0.4) is 0 Å². The number of carbonyl (C=O) groups is 1. The van der Waals surface area contributed by atoms with E-state index in [1.54, 1.807) is 91.4 Å². The van der Waals surface area contributed by atoms with Gasteiger partial charge in [-0.05, 0) is 84.9 Å². The Kier molecular flexibility index (Phi) is 5.82. The predicted octanol–water partition coefficient (Wildman–Crippen LogP) is 6.56. The standard InChI is InChI=1S/C27H19FN4O2/c28-19-3-10-25-24(17-19)26(13-16-30-25)31-20-4-1-18(2-5-20)27(33)32-21-6-8-22(9-7-21)34-23-11-14-29-15-12-23/h1-17H,(H,30,31)(H,32,33). The lowest BCUT2D eigenvalue weighted by atomic mass is 10.1. The number of halogens is 1. The zero-order valence-electron chi connectivity index (χ0n) is 17.9. The lowest BCUT2D eigenvalue weighted by Gasteiger charge is -2.11. The smallest absolute Gasteiger partial charge is 0.255 e. The van der Waals surface area contributed by atoms with Crippen molar-refractivity contribution in [1.82, 2.24) is 9.97 Å². The van der Waals surface area contributed by atoms with Gasteiger partial charge in [-0.3, -0.25) is 14.8 Å². The molecule has 34 heavy (non-hydrogen) atoms. The van der Waals surface area contributed by atoms with Crippen LogP contribution in [0.1, 0.15) is 10.4 Å². The normalized spacial score (nSPS) is 10.6. The summed E-state index contributed by atoms with van der Waals surface area (Å²) in [6.07, 6.45) is 4.98. The minimum atomic E-state index is -0.326. The first-order valence-electron chi connectivity index (χ1n) is 10.5. The molecule has 2 N–H and O–H groups in total. The van der Waals surface area contributed by atoms with E-state index in [4.69, 9.17) is 4.74 Å². The van der Waals surface area contributed by atoms with Gasteiger partial charge >= 0.3 is 0 Å². The molecule has 2 heterocycles. The van der Waals surface area contributed by atoms with E-state index in [2.05, 4.69) is 20.6 Å². The molecule has 2 aromatic heterocycles. The Hall–Kier alpha value is -4.78. The van der Waals surface area contributed by atoms with Crippen LogP contribution in [0.25, 0.3) is 10.9 Å². The van der Waals surface area contributed by atoms with Crippen molar-refractivity contribution in [2.24, 2.45) is 0 Å². The maximum atomic E-state index is 13.7. The second kappa shape index (κ2) is 9.38. The number of aromatic nitrogens is 2. The second-order valence-electron chi connectivity index (χ2n) is 7.49. The van der Waals surface area contributed by atoms with Crippen LogP contribution >= 0.6 is 0 Å². The van der Waals surface area contributed by atoms with Crippen molar-refractivity contribution in [2.75, 3.05) is 10.6 Å². The van der Waals surface area contributed by atoms with Crippen molar-refractivity contribution >= 4 is 33.9 Å². The summed E-state index contributed by atoms with van der Waals surface area (Å²) in [4.78, 5) is 20.9. The quantitative estimate of drug-likeness (QED) is 0.306. The fourth-order valence-corrected chi connectivity index (χ4v) is 3.44. The van der Waals surface area contributed by atoms with Crippen molar-refractivity contribution in [3.05, 3.63) is 115 Å². The Balaban J connectivity index is 1.24. The molecule has 5 rings (SSSR count). The maximum absolute atomic E-state index is 13.7. The fraction of sp³-hybridized carbons (Fsp3) is 0. The molecule has 3 aromatic carbocycles. The summed E-state index contributed by atoms with van der Waals surface area (Å²) in [5, 5.41) is 6.82. The summed E-state index contributed by atoms with van der Waals surface area (Å²) in [5.41, 5.74) is 3.36. The second-order valence-corrected chi connectivity index (χ2v) is 7.49. The molecule has 0 spiro atoms. The van der Waals surface area contributed by atoms with Gasteiger partial charge in [-0.15, -0.1) is 0 Å². The SMILES string of the molecule is O=C(Nc1ccc(Oc2ccncc2)cc1)c1ccc(Nc2ccnc3ccc(F)cc23)cc1. The van der Waals surface area contributed by atoms with Gasteiger partial charge in [0.2, 0.25) is 0 Å². The molecule has 1 amide bonds. The number of pyridine rings is 2. The number of ether oxygens (including phenoxy) is 1. The van der Waals surface area contributed by atoms with E-state index in [0.717, 1.165) is 11.4 Å². The Morgan fingerprint density at radius 1 is 0.765 bits per heavy atom. The van der Waals surface area contributed by atoms with Crippen molar-refractivity contribution in [3.63, 3.8) is 0 Å². The maximum Gasteiger partial charge on any atom is 0.255 e. The first-order chi connectivity index (χ1) is 16.6. The predicted molar refractivity (Wildman–Crippen MR) is 130 cm³/mol. The molecule has 0 aliphatic rings. The molecule has 166 valence electrons. The highest BCUT2D eigenvalue weighted by Gasteiger charge is 2.08. The third-order valence-corrected chi connectivity index (χ3v) is 5.13. The van der Waals surface area contributed by atoms with Crippen LogP contribution in [-0.2, 0) is 0 Å². The highest BCUT2D eigenvalue weighted by atomic mass is 19.1. The van der Waals surface area contributed by atoms with Gasteiger partial charge in [0.05, 0.1) is 5.52 Å². The van der Waals surface area contributed by atoms with Gasteiger partial charge < -0.3 is 15.4 Å². The molecule has 0 bridgehead atoms. The largest absolute Gasteiger partial charge is 0.457 e. The van der Waals surface area contributed by atoms with Crippen LogP contribution in [-0.4, -0.2) is 15.9 Å². The van der Waals surface area contributed by atoms with E-state index in [1.165, 1.54) is 12.1 Å². The van der Waals surface area contributed by atoms with Crippen molar-refractivity contribution in [2.45, 2.75) is 0 Å². The van der Waals surface area contributed by atoms with Gasteiger partial charge in [-0.2, -0.15) is 0 Å². The van der Waals surface area contributed by atoms with Gasteiger partial charge in [0.15, 0.2) is 0 Å². The number of nitrogens with zero attached hydrogens (tertiary/aromatic N) is 2. The fourth-order valence-electron chi connectivity index (χ4n) is 3.44. The Morgan fingerprint density at radius 2 is 1.47 bits per heavy atom. The van der Waals surface area contributed by atoms with Gasteiger partial charge in [0.25, 0.3) is 5.91 Å². The van der Waals surface area contributed by atoms with Crippen LogP contribution in [0.15, 0.2) is 104 Å². The van der Waals surface area contributed by atoms with Crippen molar-refractivity contribution in [1.29, 1.82) is 0 Å². The average molecular weight is 450 g/mol. The topological polar surface area (TPSA) is 76.1 Å². The van der Waals surface area contributed by atoms with E-state index >= 15 is 0 Å². The van der Waals surface area contributed by atoms with Crippen LogP contribution in [0, 0.1) is 5.82 Å². The number of carbonyl (C=O) groups excluding carboxylic acids is 1. The molecule has 0 unspecified atom stereocenters. The summed E-state index contributed by atoms with van der Waals surface area (Å²) < 4.78 is 19.4. The number of rotatable bonds is 6. The highest BCUT2D eigenvalue weighted by Crippen LogP contribution is 2.26. The summed E-state index contributed by atoms with van der Waals surface area (Å²) >= 11 is 0. The lowest BCUT2D eigenvalue weighted by molar-refractivity contribution is 0.102. The Labute approximate surface area is 195 Å². The number of anilines is 3. The van der Waals surface area contributed by atoms with E-state index < -0.39 is 0 Å². The molecule has 0 aliphatic carbocycles. The highest BCUT2D eigenvalue weighted by molar-refractivity contribution is 6.04. The zero-order valence-corrected chi connectivity index (χ0v) is 17.9. The molecule has 0 saturated heterocycles. The molecule has 6 nitrogen and oxygen atoms in total. The first-order valence-corrected chi connectivity index (χ1v) is 10.5. The molecule has 0 saturated carbocycles. The van der Waals surface area contributed by atoms with Crippen LogP contribution in [0.5, 0.6) is 11.5 Å². The molecule has 5 aromatic rings. The van der Waals surface area contributed by atoms with Gasteiger partial charge in [0, 0.05) is 46.6 Å². The minimum absolute atomic E-state index is 0.231. The number of fused-ring (bicyclic) bond motifs is 1. The van der Waals surface area contributed by atoms with Gasteiger partial charge in [0.1, 0.15) is 17.3 Å². The molecule has 7 heteroatoms. The molecule has 0 radical (unpaired) electrons. The van der Waals surface area contributed by atoms with Crippen LogP contribution in [0.4, 0.5) is 21.5 Å². The van der Waals surface area contributed by atoms with E-state index in [-0.39, 0.29) is 11.7 Å². The third-order valence-electron chi connectivity index (χ3n) is 5.13. The summed E-state index contributed by atoms with van der Waals surface area (Å²) in [7, 11) is 0. The Morgan fingerprint density at radius 3 is 2.24 bits per heavy atom. The summed E-state index contributed by atoms with van der Waals surface area (Å²) in [6, 6.07) is 23.9. The van der Waals surface area contributed by atoms with Gasteiger partial charge in [-0.25, -0.2) is 4.39 Å². The number of hydrogen-bond donors (Lipinski definition) is 2. The summed E-state index contributed by atoms with van der Waals surface area (Å²) in [5.74, 6) is 0.784. The average Bonchev–Trinajstić information content (AvgIpc) is 2.87. The number of hydrogen-bond acceptors (Lipinski definition) is 5. The van der Waals surface area contributed by atoms with Crippen molar-refractivity contribution in [3.8, 4) is 11.5 Å². The molecular formula is C27H19FN4O2. The Bertz CT molecular complexity index is 1440. The summed E-state index contributed by atoms with van der Waals surface area (Å²) in [6.45, 7) is 0. The minimum Gasteiger partial charge on any atom is -0.457 e. The zero-order chi connectivity index (χ0) is 23.3.